The van der Waals surface area contributed by atoms with Gasteiger partial charge in [-0.15, -0.1) is 0 Å². The molecule has 2 aromatic carbocycles. The molecule has 3 rings (SSSR count). The normalized spacial score (nSPS) is 14.2. The minimum atomic E-state index is -1.66. The molecule has 142 valence electrons. The van der Waals surface area contributed by atoms with Crippen LogP contribution in [0.5, 0.6) is 0 Å². The molecule has 0 atom stereocenters. The monoisotopic (exact) mass is 380 g/mol. The molecule has 1 N–H and O–H groups in total. The second kappa shape index (κ2) is 7.52. The molecule has 1 aliphatic heterocycles. The van der Waals surface area contributed by atoms with E-state index >= 15 is 0 Å². The summed E-state index contributed by atoms with van der Waals surface area (Å²) in [6.45, 7) is 1.11. The largest absolute Gasteiger partial charge is 0.362 e. The van der Waals surface area contributed by atoms with Crippen molar-refractivity contribution in [2.24, 2.45) is 0 Å². The van der Waals surface area contributed by atoms with Crippen molar-refractivity contribution in [2.75, 3.05) is 36.4 Å². The Kier molecular flexibility index (Phi) is 5.15. The number of benzene rings is 2. The first-order chi connectivity index (χ1) is 12.9. The molecule has 1 heterocycles. The van der Waals surface area contributed by atoms with Crippen LogP contribution >= 0.6 is 0 Å². The van der Waals surface area contributed by atoms with Crippen molar-refractivity contribution in [1.29, 1.82) is 0 Å². The highest BCUT2D eigenvalue weighted by Gasteiger charge is 2.26. The van der Waals surface area contributed by atoms with Crippen LogP contribution < -0.4 is 10.2 Å². The average molecular weight is 380 g/mol. The molecule has 1 fully saturated rings. The highest BCUT2D eigenvalue weighted by Crippen LogP contribution is 2.28. The Bertz CT molecular complexity index is 886. The molecule has 0 spiro atoms. The summed E-state index contributed by atoms with van der Waals surface area (Å²) < 4.78 is 39.9. The Hall–Kier alpha value is -3.30. The van der Waals surface area contributed by atoms with Crippen molar-refractivity contribution in [3.05, 3.63) is 64.0 Å². The van der Waals surface area contributed by atoms with Crippen molar-refractivity contribution in [2.45, 2.75) is 0 Å². The lowest BCUT2D eigenvalue weighted by Gasteiger charge is -2.35. The van der Waals surface area contributed by atoms with E-state index in [0.717, 1.165) is 12.1 Å². The maximum atomic E-state index is 13.7. The SMILES string of the molecule is O=C(Nc1ccc(F)c(F)c1F)N1CCN(c2ccccc2[N+](=O)[O-])CC1. The maximum absolute atomic E-state index is 13.7. The van der Waals surface area contributed by atoms with Gasteiger partial charge in [0.1, 0.15) is 5.69 Å². The van der Waals surface area contributed by atoms with Gasteiger partial charge in [-0.3, -0.25) is 10.1 Å². The van der Waals surface area contributed by atoms with Gasteiger partial charge in [-0.05, 0) is 18.2 Å². The van der Waals surface area contributed by atoms with E-state index in [4.69, 9.17) is 0 Å². The van der Waals surface area contributed by atoms with Crippen LogP contribution in [0.1, 0.15) is 0 Å². The smallest absolute Gasteiger partial charge is 0.322 e. The number of carbonyl (C=O) groups is 1. The fraction of sp³-hybridized carbons (Fsp3) is 0.235. The Labute approximate surface area is 152 Å². The quantitative estimate of drug-likeness (QED) is 0.503. The molecule has 1 saturated heterocycles. The number of halogens is 3. The molecule has 0 radical (unpaired) electrons. The number of piperazine rings is 1. The molecule has 0 aromatic heterocycles. The summed E-state index contributed by atoms with van der Waals surface area (Å²) in [7, 11) is 0. The zero-order chi connectivity index (χ0) is 19.6. The van der Waals surface area contributed by atoms with Gasteiger partial charge in [0, 0.05) is 32.2 Å². The molecule has 27 heavy (non-hydrogen) atoms. The molecule has 10 heteroatoms. The van der Waals surface area contributed by atoms with E-state index in [1.807, 2.05) is 0 Å². The standard InChI is InChI=1S/C17H15F3N4O3/c18-11-5-6-12(16(20)15(11)19)21-17(25)23-9-7-22(8-10-23)13-3-1-2-4-14(13)24(26)27/h1-6H,7-10H2,(H,21,25). The van der Waals surface area contributed by atoms with Gasteiger partial charge in [0.15, 0.2) is 17.5 Å². The highest BCUT2D eigenvalue weighted by molar-refractivity contribution is 5.89. The van der Waals surface area contributed by atoms with Crippen LogP contribution in [-0.4, -0.2) is 42.0 Å². The molecule has 7 nitrogen and oxygen atoms in total. The lowest BCUT2D eigenvalue weighted by Crippen LogP contribution is -2.50. The predicted molar refractivity (Wildman–Crippen MR) is 92.2 cm³/mol. The summed E-state index contributed by atoms with van der Waals surface area (Å²) in [4.78, 5) is 26.0. The molecule has 1 aliphatic rings. The summed E-state index contributed by atoms with van der Waals surface area (Å²) in [5.41, 5.74) is -0.0338. The first kappa shape index (κ1) is 18.5. The Balaban J connectivity index is 1.65. The van der Waals surface area contributed by atoms with Crippen LogP contribution in [0, 0.1) is 27.6 Å². The fourth-order valence-corrected chi connectivity index (χ4v) is 2.85. The highest BCUT2D eigenvalue weighted by atomic mass is 19.2. The Morgan fingerprint density at radius 3 is 2.33 bits per heavy atom. The number of nitrogens with one attached hydrogen (secondary N) is 1. The third-order valence-corrected chi connectivity index (χ3v) is 4.26. The van der Waals surface area contributed by atoms with Gasteiger partial charge in [-0.2, -0.15) is 0 Å². The van der Waals surface area contributed by atoms with E-state index in [2.05, 4.69) is 5.32 Å². The predicted octanol–water partition coefficient (Wildman–Crippen LogP) is 3.37. The third-order valence-electron chi connectivity index (χ3n) is 4.26. The zero-order valence-electron chi connectivity index (χ0n) is 14.0. The van der Waals surface area contributed by atoms with Crippen molar-refractivity contribution in [3.8, 4) is 0 Å². The van der Waals surface area contributed by atoms with E-state index in [1.165, 1.54) is 11.0 Å². The number of para-hydroxylation sites is 2. The lowest BCUT2D eigenvalue weighted by atomic mass is 10.2. The van der Waals surface area contributed by atoms with Gasteiger partial charge in [0.2, 0.25) is 0 Å². The van der Waals surface area contributed by atoms with Crippen LogP contribution in [0.25, 0.3) is 0 Å². The van der Waals surface area contributed by atoms with Gasteiger partial charge >= 0.3 is 6.03 Å². The van der Waals surface area contributed by atoms with Crippen LogP contribution in [-0.2, 0) is 0 Å². The lowest BCUT2D eigenvalue weighted by molar-refractivity contribution is -0.384. The number of nitro groups is 1. The number of nitro benzene ring substituents is 1. The van der Waals surface area contributed by atoms with Crippen LogP contribution in [0.15, 0.2) is 36.4 Å². The number of rotatable bonds is 3. The number of carbonyl (C=O) groups excluding carboxylic acids is 1. The van der Waals surface area contributed by atoms with E-state index in [1.54, 1.807) is 23.1 Å². The molecule has 0 unspecified atom stereocenters. The summed E-state index contributed by atoms with van der Waals surface area (Å²) >= 11 is 0. The molecule has 0 aliphatic carbocycles. The second-order valence-electron chi connectivity index (χ2n) is 5.87. The molecule has 0 saturated carbocycles. The average Bonchev–Trinajstić information content (AvgIpc) is 2.68. The van der Waals surface area contributed by atoms with Crippen molar-refractivity contribution in [1.82, 2.24) is 4.90 Å². The fourth-order valence-electron chi connectivity index (χ4n) is 2.85. The van der Waals surface area contributed by atoms with Gasteiger partial charge in [-0.25, -0.2) is 18.0 Å². The van der Waals surface area contributed by atoms with Crippen LogP contribution in [0.2, 0.25) is 0 Å². The van der Waals surface area contributed by atoms with Gasteiger partial charge in [0.05, 0.1) is 10.6 Å². The number of urea groups is 1. The Morgan fingerprint density at radius 1 is 1.00 bits per heavy atom. The van der Waals surface area contributed by atoms with Crippen LogP contribution in [0.4, 0.5) is 35.0 Å². The summed E-state index contributed by atoms with van der Waals surface area (Å²) in [5, 5.41) is 13.3. The minimum Gasteiger partial charge on any atom is -0.362 e. The molecular formula is C17H15F3N4O3. The Morgan fingerprint density at radius 2 is 1.67 bits per heavy atom. The van der Waals surface area contributed by atoms with Crippen molar-refractivity contribution in [3.63, 3.8) is 0 Å². The van der Waals surface area contributed by atoms with Gasteiger partial charge in [-0.1, -0.05) is 12.1 Å². The maximum Gasteiger partial charge on any atom is 0.322 e. The van der Waals surface area contributed by atoms with E-state index in [-0.39, 0.29) is 18.8 Å². The first-order valence-electron chi connectivity index (χ1n) is 8.06. The number of anilines is 2. The van der Waals surface area contributed by atoms with E-state index < -0.39 is 34.1 Å². The summed E-state index contributed by atoms with van der Waals surface area (Å²) in [6.07, 6.45) is 0. The van der Waals surface area contributed by atoms with Gasteiger partial charge in [0.25, 0.3) is 5.69 Å². The minimum absolute atomic E-state index is 0.0285. The van der Waals surface area contributed by atoms with Crippen molar-refractivity contribution < 1.29 is 22.9 Å². The first-order valence-corrected chi connectivity index (χ1v) is 8.06. The summed E-state index contributed by atoms with van der Waals surface area (Å²) in [5.74, 6) is -4.47. The molecule has 2 aromatic rings. The van der Waals surface area contributed by atoms with E-state index in [9.17, 15) is 28.1 Å². The number of nitrogens with zero attached hydrogens (tertiary/aromatic N) is 3. The number of amides is 2. The topological polar surface area (TPSA) is 78.7 Å². The molecule has 2 amide bonds. The number of hydrogen-bond acceptors (Lipinski definition) is 4. The second-order valence-corrected chi connectivity index (χ2v) is 5.87. The zero-order valence-corrected chi connectivity index (χ0v) is 14.0. The summed E-state index contributed by atoms with van der Waals surface area (Å²) in [6, 6.07) is 7.29. The van der Waals surface area contributed by atoms with Gasteiger partial charge < -0.3 is 15.1 Å². The van der Waals surface area contributed by atoms with Crippen LogP contribution in [0.3, 0.4) is 0 Å². The van der Waals surface area contributed by atoms with Crippen molar-refractivity contribution >= 4 is 23.1 Å². The van der Waals surface area contributed by atoms with E-state index in [0.29, 0.717) is 18.8 Å². The molecule has 0 bridgehead atoms. The number of hydrogen-bond donors (Lipinski definition) is 1. The third kappa shape index (κ3) is 3.78. The molecular weight excluding hydrogens is 365 g/mol.